The molecule has 190 valence electrons. The highest BCUT2D eigenvalue weighted by molar-refractivity contribution is 6.74. The van der Waals surface area contributed by atoms with Gasteiger partial charge in [-0.05, 0) is 24.6 Å². The fourth-order valence-electron chi connectivity index (χ4n) is 4.14. The van der Waals surface area contributed by atoms with Gasteiger partial charge in [0.1, 0.15) is 12.2 Å². The van der Waals surface area contributed by atoms with Crippen molar-refractivity contribution in [1.82, 2.24) is 5.32 Å². The molecule has 8 nitrogen and oxygen atoms in total. The van der Waals surface area contributed by atoms with Crippen LogP contribution in [0.2, 0.25) is 18.1 Å². The number of methoxy groups -OCH3 is 1. The topological polar surface area (TPSA) is 92.3 Å². The number of carbonyl (C=O) groups excluding carboxylic acids is 2. The molecule has 6 atom stereocenters. The van der Waals surface area contributed by atoms with Crippen LogP contribution < -0.4 is 5.32 Å². The number of nitrogens with one attached hydrogen (secondary N) is 1. The van der Waals surface area contributed by atoms with Crippen LogP contribution in [0.3, 0.4) is 0 Å². The first kappa shape index (κ1) is 26.8. The van der Waals surface area contributed by atoms with Gasteiger partial charge in [0.25, 0.3) is 0 Å². The number of ether oxygens (including phenoxy) is 4. The number of carbonyl (C=O) groups is 2. The van der Waals surface area contributed by atoms with E-state index in [-0.39, 0.29) is 29.4 Å². The lowest BCUT2D eigenvalue weighted by molar-refractivity contribution is -0.313. The second-order valence-corrected chi connectivity index (χ2v) is 15.3. The molecular weight excluding hydrogens is 454 g/mol. The smallest absolute Gasteiger partial charge is 0.305 e. The molecule has 3 rings (SSSR count). The van der Waals surface area contributed by atoms with E-state index in [9.17, 15) is 9.59 Å². The highest BCUT2D eigenvalue weighted by Gasteiger charge is 2.53. The van der Waals surface area contributed by atoms with Gasteiger partial charge in [0.2, 0.25) is 5.91 Å². The van der Waals surface area contributed by atoms with Gasteiger partial charge >= 0.3 is 5.97 Å². The standard InChI is InChI=1S/C25H39NO7Si/c1-16(27)26-21-18(13-14-20(28)29-5)31-19-15-30-24(17-11-9-8-10-12-17)32-22(19)23(21)33-34(6,7)25(2,3)4/h8-12,18-19,21-24H,13-15H2,1-7H3,(H,26,27)/t18-,19-,21+,22-,23-,24?/m1/s1. The van der Waals surface area contributed by atoms with Crippen molar-refractivity contribution in [3.8, 4) is 0 Å². The molecule has 1 unspecified atom stereocenters. The lowest BCUT2D eigenvalue weighted by atomic mass is 9.89. The van der Waals surface area contributed by atoms with Crippen LogP contribution in [0.1, 0.15) is 52.4 Å². The Kier molecular flexibility index (Phi) is 8.57. The zero-order valence-electron chi connectivity index (χ0n) is 21.3. The molecule has 2 aliphatic heterocycles. The molecule has 0 bridgehead atoms. The molecule has 0 aliphatic carbocycles. The molecule has 2 fully saturated rings. The zero-order valence-corrected chi connectivity index (χ0v) is 22.3. The Bertz CT molecular complexity index is 841. The SMILES string of the molecule is COC(=O)CC[C@H]1O[C@@H]2COC(c3ccccc3)O[C@H]2[C@H](O[Si](C)(C)C(C)(C)C)[C@H]1NC(C)=O. The monoisotopic (exact) mass is 493 g/mol. The third-order valence-corrected chi connectivity index (χ3v) is 11.5. The predicted octanol–water partition coefficient (Wildman–Crippen LogP) is 3.72. The van der Waals surface area contributed by atoms with Crippen molar-refractivity contribution in [3.05, 3.63) is 35.9 Å². The maximum Gasteiger partial charge on any atom is 0.305 e. The molecule has 9 heteroatoms. The second-order valence-electron chi connectivity index (χ2n) is 10.6. The van der Waals surface area contributed by atoms with E-state index in [1.54, 1.807) is 0 Å². The van der Waals surface area contributed by atoms with Crippen LogP contribution in [0, 0.1) is 0 Å². The van der Waals surface area contributed by atoms with E-state index < -0.39 is 39.0 Å². The minimum atomic E-state index is -2.26. The molecule has 34 heavy (non-hydrogen) atoms. The van der Waals surface area contributed by atoms with Gasteiger partial charge in [-0.3, -0.25) is 9.59 Å². The number of amides is 1. The number of esters is 1. The van der Waals surface area contributed by atoms with Gasteiger partial charge in [-0.2, -0.15) is 0 Å². The number of fused-ring (bicyclic) bond motifs is 1. The largest absolute Gasteiger partial charge is 0.469 e. The van der Waals surface area contributed by atoms with Crippen LogP contribution in [-0.4, -0.2) is 64.4 Å². The van der Waals surface area contributed by atoms with E-state index in [1.165, 1.54) is 14.0 Å². The molecule has 1 aromatic rings. The quantitative estimate of drug-likeness (QED) is 0.457. The number of benzene rings is 1. The number of hydrogen-bond acceptors (Lipinski definition) is 7. The molecule has 1 N–H and O–H groups in total. The first-order valence-corrected chi connectivity index (χ1v) is 14.8. The Labute approximate surface area is 203 Å². The summed E-state index contributed by atoms with van der Waals surface area (Å²) >= 11 is 0. The van der Waals surface area contributed by atoms with Gasteiger partial charge in [0.15, 0.2) is 14.6 Å². The van der Waals surface area contributed by atoms with Crippen molar-refractivity contribution in [2.45, 2.75) is 95.4 Å². The average molecular weight is 494 g/mol. The van der Waals surface area contributed by atoms with E-state index in [1.807, 2.05) is 30.3 Å². The van der Waals surface area contributed by atoms with Crippen LogP contribution in [0.5, 0.6) is 0 Å². The number of rotatable bonds is 7. The van der Waals surface area contributed by atoms with Crippen LogP contribution in [0.15, 0.2) is 30.3 Å². The molecular formula is C25H39NO7Si. The van der Waals surface area contributed by atoms with Crippen LogP contribution >= 0.6 is 0 Å². The molecule has 0 spiro atoms. The lowest BCUT2D eigenvalue weighted by Crippen LogP contribution is -2.68. The predicted molar refractivity (Wildman–Crippen MR) is 130 cm³/mol. The Morgan fingerprint density at radius 2 is 1.82 bits per heavy atom. The Balaban J connectivity index is 1.94. The van der Waals surface area contributed by atoms with Gasteiger partial charge in [0, 0.05) is 18.9 Å². The molecule has 2 aliphatic rings. The third-order valence-electron chi connectivity index (χ3n) is 7.03. The van der Waals surface area contributed by atoms with Crippen molar-refractivity contribution in [3.63, 3.8) is 0 Å². The Morgan fingerprint density at radius 1 is 1.15 bits per heavy atom. The maximum atomic E-state index is 12.2. The first-order valence-electron chi connectivity index (χ1n) is 11.9. The van der Waals surface area contributed by atoms with E-state index in [0.717, 1.165) is 5.56 Å². The van der Waals surface area contributed by atoms with Crippen LogP contribution in [0.25, 0.3) is 0 Å². The lowest BCUT2D eigenvalue weighted by Gasteiger charge is -2.52. The van der Waals surface area contributed by atoms with Gasteiger partial charge < -0.3 is 28.7 Å². The van der Waals surface area contributed by atoms with E-state index in [4.69, 9.17) is 23.4 Å². The van der Waals surface area contributed by atoms with Crippen molar-refractivity contribution in [2.75, 3.05) is 13.7 Å². The Hall–Kier alpha value is -1.78. The summed E-state index contributed by atoms with van der Waals surface area (Å²) in [5.74, 6) is -0.514. The van der Waals surface area contributed by atoms with Gasteiger partial charge in [-0.25, -0.2) is 0 Å². The first-order chi connectivity index (χ1) is 15.9. The van der Waals surface area contributed by atoms with Crippen LogP contribution in [-0.2, 0) is 33.0 Å². The fraction of sp³-hybridized carbons (Fsp3) is 0.680. The summed E-state index contributed by atoms with van der Waals surface area (Å²) in [6, 6.07) is 9.27. The summed E-state index contributed by atoms with van der Waals surface area (Å²) in [6.07, 6.45) is -1.72. The second kappa shape index (κ2) is 10.9. The summed E-state index contributed by atoms with van der Waals surface area (Å²) in [5.41, 5.74) is 0.913. The van der Waals surface area contributed by atoms with Crippen molar-refractivity contribution in [2.24, 2.45) is 0 Å². The minimum absolute atomic E-state index is 0.0485. The van der Waals surface area contributed by atoms with E-state index in [2.05, 4.69) is 39.2 Å². The summed E-state index contributed by atoms with van der Waals surface area (Å²) in [6.45, 7) is 12.7. The van der Waals surface area contributed by atoms with Crippen molar-refractivity contribution in [1.29, 1.82) is 0 Å². The van der Waals surface area contributed by atoms with E-state index in [0.29, 0.717) is 13.0 Å². The van der Waals surface area contributed by atoms with Gasteiger partial charge in [-0.1, -0.05) is 51.1 Å². The molecule has 1 amide bonds. The van der Waals surface area contributed by atoms with Gasteiger partial charge in [0.05, 0.1) is 32.0 Å². The normalized spacial score (nSPS) is 29.7. The highest BCUT2D eigenvalue weighted by Crippen LogP contribution is 2.42. The highest BCUT2D eigenvalue weighted by atomic mass is 28.4. The molecule has 2 heterocycles. The number of hydrogen-bond donors (Lipinski definition) is 1. The molecule has 0 aromatic heterocycles. The molecule has 1 aromatic carbocycles. The van der Waals surface area contributed by atoms with Gasteiger partial charge in [-0.15, -0.1) is 0 Å². The summed E-state index contributed by atoms with van der Waals surface area (Å²) < 4.78 is 30.6. The summed E-state index contributed by atoms with van der Waals surface area (Å²) in [5, 5.41) is 3.00. The van der Waals surface area contributed by atoms with Crippen molar-refractivity contribution >= 4 is 20.2 Å². The van der Waals surface area contributed by atoms with Crippen molar-refractivity contribution < 1.29 is 33.0 Å². The zero-order chi connectivity index (χ0) is 25.1. The fourth-order valence-corrected chi connectivity index (χ4v) is 5.45. The van der Waals surface area contributed by atoms with E-state index >= 15 is 0 Å². The average Bonchev–Trinajstić information content (AvgIpc) is 2.78. The Morgan fingerprint density at radius 3 is 2.41 bits per heavy atom. The summed E-state index contributed by atoms with van der Waals surface area (Å²) in [4.78, 5) is 24.1. The minimum Gasteiger partial charge on any atom is -0.469 e. The maximum absolute atomic E-state index is 12.2. The third kappa shape index (κ3) is 6.25. The molecule has 2 saturated heterocycles. The molecule has 0 radical (unpaired) electrons. The van der Waals surface area contributed by atoms with Crippen LogP contribution in [0.4, 0.5) is 0 Å². The summed E-state index contributed by atoms with van der Waals surface area (Å²) in [7, 11) is -0.901. The molecule has 0 saturated carbocycles.